The molecule has 1 saturated heterocycles. The number of alkyl halides is 3. The summed E-state index contributed by atoms with van der Waals surface area (Å²) in [6, 6.07) is 5.06. The minimum atomic E-state index is -4.41. The molecule has 0 amide bonds. The number of halogens is 3. The van der Waals surface area contributed by atoms with E-state index >= 15 is 0 Å². The summed E-state index contributed by atoms with van der Waals surface area (Å²) in [4.78, 5) is 1.84. The molecular weight excluding hydrogens is 309 g/mol. The molecule has 4 nitrogen and oxygen atoms in total. The fraction of sp³-hybridized carbons (Fsp3) is 0.438. The highest BCUT2D eigenvalue weighted by Crippen LogP contribution is 2.41. The van der Waals surface area contributed by atoms with Crippen LogP contribution in [0.25, 0.3) is 0 Å². The van der Waals surface area contributed by atoms with E-state index in [2.05, 4.69) is 5.16 Å². The summed E-state index contributed by atoms with van der Waals surface area (Å²) < 4.78 is 44.8. The van der Waals surface area contributed by atoms with Crippen molar-refractivity contribution in [3.8, 4) is 0 Å². The smallest absolute Gasteiger partial charge is 0.392 e. The third-order valence-corrected chi connectivity index (χ3v) is 4.23. The lowest BCUT2D eigenvalue weighted by molar-refractivity contribution is -0.138. The quantitative estimate of drug-likeness (QED) is 0.940. The van der Waals surface area contributed by atoms with Crippen molar-refractivity contribution in [1.82, 2.24) is 10.1 Å². The summed E-state index contributed by atoms with van der Waals surface area (Å²) in [5, 5.41) is 13.7. The largest absolute Gasteiger partial charge is 0.416 e. The van der Waals surface area contributed by atoms with Gasteiger partial charge in [-0.25, -0.2) is 0 Å². The van der Waals surface area contributed by atoms with Crippen LogP contribution in [0.15, 0.2) is 35.0 Å². The Kier molecular flexibility index (Phi) is 4.16. The van der Waals surface area contributed by atoms with Gasteiger partial charge < -0.3 is 9.63 Å². The number of aromatic nitrogens is 1. The van der Waals surface area contributed by atoms with Gasteiger partial charge in [0.15, 0.2) is 0 Å². The molecule has 0 bridgehead atoms. The van der Waals surface area contributed by atoms with E-state index in [9.17, 15) is 18.3 Å². The Hall–Kier alpha value is -1.86. The molecule has 2 aromatic rings. The molecule has 1 aromatic heterocycles. The Labute approximate surface area is 131 Å². The number of aliphatic hydroxyl groups is 1. The maximum atomic E-state index is 13.3. The van der Waals surface area contributed by atoms with Crippen molar-refractivity contribution >= 4 is 0 Å². The molecule has 124 valence electrons. The summed E-state index contributed by atoms with van der Waals surface area (Å²) in [6.07, 6.45) is -3.23. The van der Waals surface area contributed by atoms with Gasteiger partial charge in [-0.1, -0.05) is 23.4 Å². The average molecular weight is 326 g/mol. The first-order chi connectivity index (χ1) is 10.9. The van der Waals surface area contributed by atoms with Crippen LogP contribution in [0.5, 0.6) is 0 Å². The van der Waals surface area contributed by atoms with Crippen molar-refractivity contribution in [2.24, 2.45) is 0 Å². The molecular formula is C16H17F3N2O2. The number of aryl methyl sites for hydroxylation is 1. The van der Waals surface area contributed by atoms with Crippen molar-refractivity contribution in [2.75, 3.05) is 6.54 Å². The van der Waals surface area contributed by atoms with Crippen LogP contribution in [-0.2, 0) is 12.7 Å². The lowest BCUT2D eigenvalue weighted by atomic mass is 9.97. The summed E-state index contributed by atoms with van der Waals surface area (Å²) in [7, 11) is 0. The van der Waals surface area contributed by atoms with E-state index in [4.69, 9.17) is 4.52 Å². The molecule has 0 aliphatic carbocycles. The SMILES string of the molecule is Cc1oncc1CN1C[C@@H](O)C[C@H]1c1ccccc1C(F)(F)F. The predicted octanol–water partition coefficient (Wildman–Crippen LogP) is 3.31. The Morgan fingerprint density at radius 3 is 2.74 bits per heavy atom. The molecule has 3 rings (SSSR count). The predicted molar refractivity (Wildman–Crippen MR) is 76.5 cm³/mol. The summed E-state index contributed by atoms with van der Waals surface area (Å²) in [5.74, 6) is 0.634. The van der Waals surface area contributed by atoms with Gasteiger partial charge in [0.05, 0.1) is 17.9 Å². The van der Waals surface area contributed by atoms with Crippen LogP contribution < -0.4 is 0 Å². The Morgan fingerprint density at radius 1 is 1.35 bits per heavy atom. The van der Waals surface area contributed by atoms with Crippen LogP contribution in [0, 0.1) is 6.92 Å². The van der Waals surface area contributed by atoms with Crippen molar-refractivity contribution in [3.63, 3.8) is 0 Å². The minimum Gasteiger partial charge on any atom is -0.392 e. The van der Waals surface area contributed by atoms with Gasteiger partial charge >= 0.3 is 6.18 Å². The summed E-state index contributed by atoms with van der Waals surface area (Å²) in [6.45, 7) is 2.47. The molecule has 1 N–H and O–H groups in total. The number of hydrogen-bond acceptors (Lipinski definition) is 4. The fourth-order valence-electron chi connectivity index (χ4n) is 3.11. The van der Waals surface area contributed by atoms with Crippen LogP contribution in [0.2, 0.25) is 0 Å². The standard InChI is InChI=1S/C16H17F3N2O2/c1-10-11(7-20-23-10)8-21-9-12(22)6-15(21)13-4-2-3-5-14(13)16(17,18)19/h2-5,7,12,15,22H,6,8-9H2,1H3/t12-,15-/m0/s1. The van der Waals surface area contributed by atoms with Gasteiger partial charge in [0.1, 0.15) is 5.76 Å². The zero-order valence-corrected chi connectivity index (χ0v) is 12.5. The second-order valence-corrected chi connectivity index (χ2v) is 5.83. The molecule has 0 spiro atoms. The Morgan fingerprint density at radius 2 is 2.09 bits per heavy atom. The number of likely N-dealkylation sites (tertiary alicyclic amines) is 1. The zero-order valence-electron chi connectivity index (χ0n) is 12.5. The molecule has 0 unspecified atom stereocenters. The van der Waals surface area contributed by atoms with Crippen LogP contribution >= 0.6 is 0 Å². The van der Waals surface area contributed by atoms with Crippen LogP contribution in [0.4, 0.5) is 13.2 Å². The topological polar surface area (TPSA) is 49.5 Å². The maximum Gasteiger partial charge on any atom is 0.416 e. The number of aliphatic hydroxyl groups excluding tert-OH is 1. The van der Waals surface area contributed by atoms with E-state index in [1.807, 2.05) is 4.90 Å². The molecule has 0 saturated carbocycles. The monoisotopic (exact) mass is 326 g/mol. The van der Waals surface area contributed by atoms with Crippen LogP contribution in [0.1, 0.15) is 34.9 Å². The number of nitrogens with zero attached hydrogens (tertiary/aromatic N) is 2. The molecule has 1 aliphatic rings. The third-order valence-electron chi connectivity index (χ3n) is 4.23. The number of benzene rings is 1. The Bertz CT molecular complexity index is 684. The van der Waals surface area contributed by atoms with Gasteiger partial charge in [-0.3, -0.25) is 4.90 Å². The fourth-order valence-corrected chi connectivity index (χ4v) is 3.11. The highest BCUT2D eigenvalue weighted by Gasteiger charge is 2.39. The second-order valence-electron chi connectivity index (χ2n) is 5.83. The first-order valence-electron chi connectivity index (χ1n) is 7.34. The highest BCUT2D eigenvalue weighted by molar-refractivity contribution is 5.33. The first-order valence-corrected chi connectivity index (χ1v) is 7.34. The van der Waals surface area contributed by atoms with Gasteiger partial charge in [0, 0.05) is 24.7 Å². The average Bonchev–Trinajstić information content (AvgIpc) is 3.05. The van der Waals surface area contributed by atoms with Crippen LogP contribution in [0.3, 0.4) is 0 Å². The first kappa shape index (κ1) is 16.0. The molecule has 0 radical (unpaired) electrons. The van der Waals surface area contributed by atoms with Crippen LogP contribution in [-0.4, -0.2) is 27.8 Å². The van der Waals surface area contributed by atoms with Gasteiger partial charge in [-0.2, -0.15) is 13.2 Å². The van der Waals surface area contributed by atoms with E-state index < -0.39 is 23.9 Å². The van der Waals surface area contributed by atoms with E-state index in [-0.39, 0.29) is 12.0 Å². The van der Waals surface area contributed by atoms with Crippen molar-refractivity contribution in [1.29, 1.82) is 0 Å². The van der Waals surface area contributed by atoms with Gasteiger partial charge in [-0.05, 0) is 25.0 Å². The maximum absolute atomic E-state index is 13.3. The number of β-amino-alcohol motifs (C(OH)–C–C–N with tert-alkyl or cyclic N) is 1. The van der Waals surface area contributed by atoms with Crippen molar-refractivity contribution < 1.29 is 22.8 Å². The molecule has 2 heterocycles. The highest BCUT2D eigenvalue weighted by atomic mass is 19.4. The molecule has 1 aromatic carbocycles. The van der Waals surface area contributed by atoms with Gasteiger partial charge in [0.25, 0.3) is 0 Å². The number of hydrogen-bond donors (Lipinski definition) is 1. The molecule has 1 fully saturated rings. The van der Waals surface area contributed by atoms with E-state index in [0.29, 0.717) is 18.8 Å². The molecule has 23 heavy (non-hydrogen) atoms. The zero-order chi connectivity index (χ0) is 16.6. The second kappa shape index (κ2) is 5.98. The molecule has 1 aliphatic heterocycles. The van der Waals surface area contributed by atoms with E-state index in [0.717, 1.165) is 11.6 Å². The number of rotatable bonds is 3. The van der Waals surface area contributed by atoms with Crippen molar-refractivity contribution in [2.45, 2.75) is 38.2 Å². The summed E-state index contributed by atoms with van der Waals surface area (Å²) >= 11 is 0. The lowest BCUT2D eigenvalue weighted by Gasteiger charge is -2.26. The molecule has 7 heteroatoms. The van der Waals surface area contributed by atoms with Crippen molar-refractivity contribution in [3.05, 3.63) is 52.9 Å². The van der Waals surface area contributed by atoms with Gasteiger partial charge in [0.2, 0.25) is 0 Å². The normalized spacial score (nSPS) is 22.7. The lowest BCUT2D eigenvalue weighted by Crippen LogP contribution is -2.26. The summed E-state index contributed by atoms with van der Waals surface area (Å²) in [5.41, 5.74) is 0.366. The Balaban J connectivity index is 1.93. The van der Waals surface area contributed by atoms with E-state index in [1.54, 1.807) is 19.2 Å². The van der Waals surface area contributed by atoms with E-state index in [1.165, 1.54) is 12.1 Å². The third kappa shape index (κ3) is 3.25. The minimum absolute atomic E-state index is 0.200. The van der Waals surface area contributed by atoms with Gasteiger partial charge in [-0.15, -0.1) is 0 Å². The molecule has 2 atom stereocenters.